The highest BCUT2D eigenvalue weighted by atomic mass is 16.5. The highest BCUT2D eigenvalue weighted by molar-refractivity contribution is 5.27. The molecule has 0 atom stereocenters. The van der Waals surface area contributed by atoms with Crippen LogP contribution in [0.1, 0.15) is 32.3 Å². The predicted molar refractivity (Wildman–Crippen MR) is 73.3 cm³/mol. The number of benzene rings is 1. The van der Waals surface area contributed by atoms with Crippen molar-refractivity contribution >= 4 is 0 Å². The highest BCUT2D eigenvalue weighted by Gasteiger charge is 1.97. The third-order valence-corrected chi connectivity index (χ3v) is 2.46. The average Bonchev–Trinajstić information content (AvgIpc) is 2.33. The number of ether oxygens (including phenoxy) is 1. The van der Waals surface area contributed by atoms with Gasteiger partial charge in [0.25, 0.3) is 0 Å². The lowest BCUT2D eigenvalue weighted by Gasteiger charge is -2.09. The standard InChI is InChI=1S/C15H23NO/c1-4-5-6-11-17-15-9-7-14(8-10-15)12-16-13(2)3/h4,7-10,13,16H,1,5-6,11-12H2,2-3H3. The Balaban J connectivity index is 2.31. The van der Waals surface area contributed by atoms with Gasteiger partial charge in [0, 0.05) is 12.6 Å². The molecule has 17 heavy (non-hydrogen) atoms. The fraction of sp³-hybridized carbons (Fsp3) is 0.467. The van der Waals surface area contributed by atoms with Gasteiger partial charge in [-0.3, -0.25) is 0 Å². The number of hydrogen-bond donors (Lipinski definition) is 1. The van der Waals surface area contributed by atoms with Crippen LogP contribution in [0.15, 0.2) is 36.9 Å². The fourth-order valence-electron chi connectivity index (χ4n) is 1.44. The van der Waals surface area contributed by atoms with Gasteiger partial charge in [-0.25, -0.2) is 0 Å². The van der Waals surface area contributed by atoms with E-state index in [9.17, 15) is 0 Å². The van der Waals surface area contributed by atoms with Crippen LogP contribution in [0.3, 0.4) is 0 Å². The van der Waals surface area contributed by atoms with E-state index >= 15 is 0 Å². The predicted octanol–water partition coefficient (Wildman–Crippen LogP) is 3.53. The van der Waals surface area contributed by atoms with Crippen LogP contribution < -0.4 is 10.1 Å². The van der Waals surface area contributed by atoms with Crippen molar-refractivity contribution in [2.75, 3.05) is 6.61 Å². The van der Waals surface area contributed by atoms with Gasteiger partial charge in [0.05, 0.1) is 6.61 Å². The van der Waals surface area contributed by atoms with Gasteiger partial charge in [-0.1, -0.05) is 32.1 Å². The van der Waals surface area contributed by atoms with Crippen LogP contribution >= 0.6 is 0 Å². The van der Waals surface area contributed by atoms with Crippen LogP contribution in [-0.2, 0) is 6.54 Å². The van der Waals surface area contributed by atoms with Crippen LogP contribution in [0.25, 0.3) is 0 Å². The molecule has 0 aliphatic carbocycles. The van der Waals surface area contributed by atoms with Crippen LogP contribution in [0.5, 0.6) is 5.75 Å². The summed E-state index contributed by atoms with van der Waals surface area (Å²) < 4.78 is 5.62. The van der Waals surface area contributed by atoms with E-state index in [-0.39, 0.29) is 0 Å². The summed E-state index contributed by atoms with van der Waals surface area (Å²) in [4.78, 5) is 0. The van der Waals surface area contributed by atoms with E-state index in [1.807, 2.05) is 18.2 Å². The van der Waals surface area contributed by atoms with Crippen LogP contribution in [-0.4, -0.2) is 12.6 Å². The number of allylic oxidation sites excluding steroid dienone is 1. The van der Waals surface area contributed by atoms with Gasteiger partial charge in [-0.05, 0) is 30.5 Å². The first kappa shape index (κ1) is 13.8. The Kier molecular flexibility index (Phi) is 6.41. The second kappa shape index (κ2) is 7.91. The van der Waals surface area contributed by atoms with Crippen molar-refractivity contribution < 1.29 is 4.74 Å². The molecule has 0 aliphatic heterocycles. The van der Waals surface area contributed by atoms with E-state index in [1.165, 1.54) is 5.56 Å². The van der Waals surface area contributed by atoms with Crippen molar-refractivity contribution in [3.63, 3.8) is 0 Å². The van der Waals surface area contributed by atoms with Crippen molar-refractivity contribution in [1.29, 1.82) is 0 Å². The largest absolute Gasteiger partial charge is 0.494 e. The Morgan fingerprint density at radius 1 is 1.29 bits per heavy atom. The van der Waals surface area contributed by atoms with E-state index in [0.29, 0.717) is 6.04 Å². The third-order valence-electron chi connectivity index (χ3n) is 2.46. The Bertz CT molecular complexity index is 316. The lowest BCUT2D eigenvalue weighted by atomic mass is 10.2. The molecule has 0 saturated carbocycles. The van der Waals surface area contributed by atoms with Crippen molar-refractivity contribution in [3.8, 4) is 5.75 Å². The van der Waals surface area contributed by atoms with E-state index in [2.05, 4.69) is 37.9 Å². The Morgan fingerprint density at radius 3 is 2.59 bits per heavy atom. The minimum absolute atomic E-state index is 0.518. The summed E-state index contributed by atoms with van der Waals surface area (Å²) in [6.45, 7) is 9.66. The third kappa shape index (κ3) is 6.12. The van der Waals surface area contributed by atoms with Crippen molar-refractivity contribution in [1.82, 2.24) is 5.32 Å². The molecule has 2 heteroatoms. The summed E-state index contributed by atoms with van der Waals surface area (Å²) in [7, 11) is 0. The van der Waals surface area contributed by atoms with Crippen molar-refractivity contribution in [2.24, 2.45) is 0 Å². The molecule has 0 heterocycles. The minimum Gasteiger partial charge on any atom is -0.494 e. The Hall–Kier alpha value is -1.28. The fourth-order valence-corrected chi connectivity index (χ4v) is 1.44. The molecule has 0 spiro atoms. The summed E-state index contributed by atoms with van der Waals surface area (Å²) in [6.07, 6.45) is 3.96. The van der Waals surface area contributed by atoms with Gasteiger partial charge >= 0.3 is 0 Å². The zero-order chi connectivity index (χ0) is 12.5. The van der Waals surface area contributed by atoms with Crippen molar-refractivity contribution in [3.05, 3.63) is 42.5 Å². The normalized spacial score (nSPS) is 10.5. The van der Waals surface area contributed by atoms with Gasteiger partial charge in [-0.2, -0.15) is 0 Å². The molecule has 0 aliphatic rings. The maximum absolute atomic E-state index is 5.62. The number of rotatable bonds is 8. The van der Waals surface area contributed by atoms with Gasteiger partial charge in [0.15, 0.2) is 0 Å². The first-order valence-corrected chi connectivity index (χ1v) is 6.28. The number of hydrogen-bond acceptors (Lipinski definition) is 2. The summed E-state index contributed by atoms with van der Waals surface area (Å²) in [5, 5.41) is 3.39. The van der Waals surface area contributed by atoms with E-state index in [1.54, 1.807) is 0 Å². The van der Waals surface area contributed by atoms with E-state index < -0.39 is 0 Å². The lowest BCUT2D eigenvalue weighted by molar-refractivity contribution is 0.312. The second-order valence-corrected chi connectivity index (χ2v) is 4.46. The molecule has 1 aromatic carbocycles. The van der Waals surface area contributed by atoms with Gasteiger partial charge < -0.3 is 10.1 Å². The average molecular weight is 233 g/mol. The maximum atomic E-state index is 5.62. The topological polar surface area (TPSA) is 21.3 Å². The molecule has 0 radical (unpaired) electrons. The van der Waals surface area contributed by atoms with Gasteiger partial charge in [0.2, 0.25) is 0 Å². The molecule has 1 aromatic rings. The first-order chi connectivity index (χ1) is 8.22. The second-order valence-electron chi connectivity index (χ2n) is 4.46. The van der Waals surface area contributed by atoms with Gasteiger partial charge in [-0.15, -0.1) is 6.58 Å². The van der Waals surface area contributed by atoms with Crippen LogP contribution in [0, 0.1) is 0 Å². The SMILES string of the molecule is C=CCCCOc1ccc(CNC(C)C)cc1. The molecular formula is C15H23NO. The zero-order valence-electron chi connectivity index (χ0n) is 10.9. The Labute approximate surface area is 105 Å². The molecule has 94 valence electrons. The molecule has 0 saturated heterocycles. The van der Waals surface area contributed by atoms with E-state index in [0.717, 1.165) is 31.7 Å². The molecule has 0 fully saturated rings. The smallest absolute Gasteiger partial charge is 0.119 e. The highest BCUT2D eigenvalue weighted by Crippen LogP contribution is 2.12. The zero-order valence-corrected chi connectivity index (χ0v) is 10.9. The molecule has 0 amide bonds. The summed E-state index contributed by atoms with van der Waals surface area (Å²) >= 11 is 0. The van der Waals surface area contributed by atoms with Crippen molar-refractivity contribution in [2.45, 2.75) is 39.3 Å². The first-order valence-electron chi connectivity index (χ1n) is 6.28. The summed E-state index contributed by atoms with van der Waals surface area (Å²) in [5.41, 5.74) is 1.29. The van der Waals surface area contributed by atoms with Crippen LogP contribution in [0.4, 0.5) is 0 Å². The molecule has 0 unspecified atom stereocenters. The molecule has 0 aromatic heterocycles. The minimum atomic E-state index is 0.518. The molecular weight excluding hydrogens is 210 g/mol. The van der Waals surface area contributed by atoms with E-state index in [4.69, 9.17) is 4.74 Å². The molecule has 2 nitrogen and oxygen atoms in total. The molecule has 1 rings (SSSR count). The number of nitrogens with one attached hydrogen (secondary N) is 1. The quantitative estimate of drug-likeness (QED) is 0.548. The summed E-state index contributed by atoms with van der Waals surface area (Å²) in [5.74, 6) is 0.947. The molecule has 1 N–H and O–H groups in total. The molecule has 0 bridgehead atoms. The maximum Gasteiger partial charge on any atom is 0.119 e. The van der Waals surface area contributed by atoms with Gasteiger partial charge in [0.1, 0.15) is 5.75 Å². The summed E-state index contributed by atoms with van der Waals surface area (Å²) in [6, 6.07) is 8.80. The van der Waals surface area contributed by atoms with Crippen LogP contribution in [0.2, 0.25) is 0 Å². The lowest BCUT2D eigenvalue weighted by Crippen LogP contribution is -2.21. The monoisotopic (exact) mass is 233 g/mol. The number of unbranched alkanes of at least 4 members (excludes halogenated alkanes) is 1. The Morgan fingerprint density at radius 2 is 2.00 bits per heavy atom.